The van der Waals surface area contributed by atoms with Crippen molar-refractivity contribution in [2.24, 2.45) is 11.5 Å². The number of nitrogens with two attached hydrogens (primary N) is 2. The van der Waals surface area contributed by atoms with Gasteiger partial charge in [0, 0.05) is 12.8 Å². The van der Waals surface area contributed by atoms with Gasteiger partial charge >= 0.3 is 5.97 Å². The van der Waals surface area contributed by atoms with Crippen molar-refractivity contribution in [2.45, 2.75) is 56.8 Å². The molecule has 0 spiro atoms. The number of amides is 4. The zero-order chi connectivity index (χ0) is 26.5. The first-order valence-electron chi connectivity index (χ1n) is 10.9. The topological polar surface area (TPSA) is 214 Å². The fourth-order valence-electron chi connectivity index (χ4n) is 2.95. The second-order valence-electron chi connectivity index (χ2n) is 7.95. The van der Waals surface area contributed by atoms with E-state index in [1.807, 2.05) is 6.26 Å². The fraction of sp³-hybridized carbons (Fsp3) is 0.500. The number of carboxylic acid groups (broad SMARTS) is 1. The molecule has 1 aromatic carbocycles. The van der Waals surface area contributed by atoms with Crippen molar-refractivity contribution in [3.05, 3.63) is 29.8 Å². The molecule has 0 radical (unpaired) electrons. The molecule has 0 aliphatic heterocycles. The van der Waals surface area contributed by atoms with Gasteiger partial charge in [-0.2, -0.15) is 11.8 Å². The van der Waals surface area contributed by atoms with Gasteiger partial charge in [-0.05, 0) is 49.5 Å². The predicted molar refractivity (Wildman–Crippen MR) is 130 cm³/mol. The van der Waals surface area contributed by atoms with Crippen LogP contribution in [0.25, 0.3) is 0 Å². The Balaban J connectivity index is 2.96. The summed E-state index contributed by atoms with van der Waals surface area (Å²) in [6.07, 6.45) is 1.79. The zero-order valence-electron chi connectivity index (χ0n) is 19.7. The molecule has 4 atom stereocenters. The van der Waals surface area contributed by atoms with E-state index in [-0.39, 0.29) is 25.0 Å². The monoisotopic (exact) mass is 511 g/mol. The maximum atomic E-state index is 12.9. The Kier molecular flexibility index (Phi) is 12.6. The first-order chi connectivity index (χ1) is 16.4. The Morgan fingerprint density at radius 1 is 0.943 bits per heavy atom. The minimum atomic E-state index is -1.40. The van der Waals surface area contributed by atoms with Crippen molar-refractivity contribution in [1.29, 1.82) is 0 Å². The van der Waals surface area contributed by atoms with Crippen molar-refractivity contribution < 1.29 is 34.2 Å². The van der Waals surface area contributed by atoms with Crippen molar-refractivity contribution in [2.75, 3.05) is 12.0 Å². The van der Waals surface area contributed by atoms with Gasteiger partial charge < -0.3 is 37.6 Å². The number of nitrogens with one attached hydrogen (secondary N) is 3. The number of benzene rings is 1. The standard InChI is InChI=1S/C22H33N5O7S/c1-12(25-20(31)15(23)9-10-35-2)19(30)27-17(11-13-3-5-14(28)6-4-13)21(32)26-16(22(33)34)7-8-18(24)29/h3-6,12,15-17,28H,7-11,23H2,1-2H3,(H2,24,29)(H,25,31)(H,26,32)(H,27,30)(H,33,34). The smallest absolute Gasteiger partial charge is 0.326 e. The number of hydrogen-bond acceptors (Lipinski definition) is 8. The summed E-state index contributed by atoms with van der Waals surface area (Å²) >= 11 is 1.53. The lowest BCUT2D eigenvalue weighted by molar-refractivity contribution is -0.142. The molecular formula is C22H33N5O7S. The Hall–Kier alpha value is -3.32. The molecule has 12 nitrogen and oxygen atoms in total. The number of carbonyl (C=O) groups is 5. The third kappa shape index (κ3) is 11.1. The Labute approximate surface area is 207 Å². The predicted octanol–water partition coefficient (Wildman–Crippen LogP) is -1.16. The van der Waals surface area contributed by atoms with E-state index in [0.717, 1.165) is 0 Å². The number of aromatic hydroxyl groups is 1. The molecule has 0 heterocycles. The van der Waals surface area contributed by atoms with Gasteiger partial charge in [-0.25, -0.2) is 4.79 Å². The van der Waals surface area contributed by atoms with E-state index >= 15 is 0 Å². The van der Waals surface area contributed by atoms with Gasteiger partial charge in [-0.3, -0.25) is 19.2 Å². The summed E-state index contributed by atoms with van der Waals surface area (Å²) in [5, 5.41) is 26.2. The van der Waals surface area contributed by atoms with Gasteiger partial charge in [0.1, 0.15) is 23.9 Å². The van der Waals surface area contributed by atoms with Gasteiger partial charge in [0.25, 0.3) is 0 Å². The number of phenols is 1. The number of thioether (sulfide) groups is 1. The van der Waals surface area contributed by atoms with E-state index in [4.69, 9.17) is 11.5 Å². The lowest BCUT2D eigenvalue weighted by Gasteiger charge is -2.24. The number of carboxylic acids is 1. The quantitative estimate of drug-likeness (QED) is 0.151. The molecule has 4 unspecified atom stereocenters. The highest BCUT2D eigenvalue weighted by Gasteiger charge is 2.29. The second kappa shape index (κ2) is 14.8. The van der Waals surface area contributed by atoms with E-state index < -0.39 is 53.8 Å². The summed E-state index contributed by atoms with van der Waals surface area (Å²) < 4.78 is 0. The fourth-order valence-corrected chi connectivity index (χ4v) is 3.44. The van der Waals surface area contributed by atoms with E-state index in [1.54, 1.807) is 12.1 Å². The molecule has 1 rings (SSSR count). The Morgan fingerprint density at radius 2 is 1.54 bits per heavy atom. The van der Waals surface area contributed by atoms with Gasteiger partial charge in [-0.15, -0.1) is 0 Å². The number of aliphatic carboxylic acids is 1. The zero-order valence-corrected chi connectivity index (χ0v) is 20.5. The summed E-state index contributed by atoms with van der Waals surface area (Å²) in [4.78, 5) is 60.4. The molecule has 0 saturated carbocycles. The highest BCUT2D eigenvalue weighted by atomic mass is 32.2. The van der Waals surface area contributed by atoms with Crippen LogP contribution < -0.4 is 27.4 Å². The molecular weight excluding hydrogens is 478 g/mol. The molecule has 0 fully saturated rings. The normalized spacial score (nSPS) is 14.1. The number of primary amides is 1. The average molecular weight is 512 g/mol. The molecule has 4 amide bonds. The Bertz CT molecular complexity index is 897. The number of rotatable bonds is 15. The van der Waals surface area contributed by atoms with Crippen LogP contribution in [0.1, 0.15) is 31.7 Å². The maximum Gasteiger partial charge on any atom is 0.326 e. The van der Waals surface area contributed by atoms with Crippen LogP contribution in [0.4, 0.5) is 0 Å². The van der Waals surface area contributed by atoms with Gasteiger partial charge in [0.15, 0.2) is 0 Å². The lowest BCUT2D eigenvalue weighted by atomic mass is 10.0. The minimum absolute atomic E-state index is 0.00493. The summed E-state index contributed by atoms with van der Waals surface area (Å²) in [6, 6.07) is 1.44. The van der Waals surface area contributed by atoms with Crippen LogP contribution in [0.2, 0.25) is 0 Å². The van der Waals surface area contributed by atoms with Crippen LogP contribution in [0.5, 0.6) is 5.75 Å². The van der Waals surface area contributed by atoms with Crippen LogP contribution in [0, 0.1) is 0 Å². The molecule has 0 aliphatic rings. The molecule has 1 aromatic rings. The first kappa shape index (κ1) is 29.7. The van der Waals surface area contributed by atoms with Crippen molar-refractivity contribution in [3.63, 3.8) is 0 Å². The third-order valence-corrected chi connectivity index (χ3v) is 5.67. The summed E-state index contributed by atoms with van der Waals surface area (Å²) in [5.74, 6) is -3.42. The largest absolute Gasteiger partial charge is 0.508 e. The van der Waals surface area contributed by atoms with Gasteiger partial charge in [-0.1, -0.05) is 12.1 Å². The van der Waals surface area contributed by atoms with E-state index in [1.165, 1.54) is 30.8 Å². The van der Waals surface area contributed by atoms with Crippen LogP contribution >= 0.6 is 11.8 Å². The van der Waals surface area contributed by atoms with Gasteiger partial charge in [0.05, 0.1) is 6.04 Å². The molecule has 13 heteroatoms. The Morgan fingerprint density at radius 3 is 2.09 bits per heavy atom. The summed E-state index contributed by atoms with van der Waals surface area (Å²) in [7, 11) is 0. The molecule has 0 aromatic heterocycles. The summed E-state index contributed by atoms with van der Waals surface area (Å²) in [5.41, 5.74) is 11.5. The van der Waals surface area contributed by atoms with Crippen molar-refractivity contribution in [3.8, 4) is 5.75 Å². The third-order valence-electron chi connectivity index (χ3n) is 5.02. The molecule has 194 valence electrons. The first-order valence-corrected chi connectivity index (χ1v) is 12.3. The van der Waals surface area contributed by atoms with E-state index in [9.17, 15) is 34.2 Å². The highest BCUT2D eigenvalue weighted by molar-refractivity contribution is 7.98. The molecule has 35 heavy (non-hydrogen) atoms. The maximum absolute atomic E-state index is 12.9. The van der Waals surface area contributed by atoms with Crippen LogP contribution in [0.3, 0.4) is 0 Å². The highest BCUT2D eigenvalue weighted by Crippen LogP contribution is 2.12. The number of carbonyl (C=O) groups excluding carboxylic acids is 4. The van der Waals surface area contributed by atoms with Crippen LogP contribution in [0.15, 0.2) is 24.3 Å². The van der Waals surface area contributed by atoms with Crippen LogP contribution in [-0.2, 0) is 30.4 Å². The molecule has 9 N–H and O–H groups in total. The van der Waals surface area contributed by atoms with Gasteiger partial charge in [0.2, 0.25) is 23.6 Å². The number of phenolic OH excluding ortho intramolecular Hbond substituents is 1. The van der Waals surface area contributed by atoms with E-state index in [2.05, 4.69) is 16.0 Å². The minimum Gasteiger partial charge on any atom is -0.508 e. The van der Waals surface area contributed by atoms with Crippen molar-refractivity contribution >= 4 is 41.4 Å². The summed E-state index contributed by atoms with van der Waals surface area (Å²) in [6.45, 7) is 1.43. The van der Waals surface area contributed by atoms with Crippen LogP contribution in [-0.4, -0.2) is 76.0 Å². The molecule has 0 aliphatic carbocycles. The lowest BCUT2D eigenvalue weighted by Crippen LogP contribution is -2.57. The SMILES string of the molecule is CSCCC(N)C(=O)NC(C)C(=O)NC(Cc1ccc(O)cc1)C(=O)NC(CCC(N)=O)C(=O)O. The van der Waals surface area contributed by atoms with Crippen molar-refractivity contribution in [1.82, 2.24) is 16.0 Å². The van der Waals surface area contributed by atoms with E-state index in [0.29, 0.717) is 17.7 Å². The average Bonchev–Trinajstić information content (AvgIpc) is 2.80. The number of hydrogen-bond donors (Lipinski definition) is 7. The molecule has 0 saturated heterocycles. The molecule has 0 bridgehead atoms. The second-order valence-corrected chi connectivity index (χ2v) is 8.94.